The van der Waals surface area contributed by atoms with Crippen molar-refractivity contribution >= 4 is 17.4 Å². The van der Waals surface area contributed by atoms with Crippen molar-refractivity contribution in [3.63, 3.8) is 0 Å². The summed E-state index contributed by atoms with van der Waals surface area (Å²) >= 11 is 0. The minimum atomic E-state index is -0.233. The number of amides is 2. The number of rotatable bonds is 8. The number of carbonyl (C=O) groups is 2. The summed E-state index contributed by atoms with van der Waals surface area (Å²) in [5.74, 6) is 0.365. The summed E-state index contributed by atoms with van der Waals surface area (Å²) in [6, 6.07) is 7.30. The van der Waals surface area contributed by atoms with Crippen molar-refractivity contribution in [2.24, 2.45) is 5.92 Å². The van der Waals surface area contributed by atoms with Gasteiger partial charge in [0.2, 0.25) is 0 Å². The van der Waals surface area contributed by atoms with E-state index in [-0.39, 0.29) is 24.3 Å². The third-order valence-corrected chi connectivity index (χ3v) is 6.58. The fourth-order valence-electron chi connectivity index (χ4n) is 4.77. The van der Waals surface area contributed by atoms with Crippen LogP contribution in [0.4, 0.5) is 0 Å². The average molecular weight is 444 g/mol. The second-order valence-electron chi connectivity index (χ2n) is 8.66. The number of hydrogen-bond donors (Lipinski definition) is 1. The van der Waals surface area contributed by atoms with Crippen LogP contribution < -0.4 is 4.74 Å². The smallest absolute Gasteiger partial charge is 0.277 e. The number of piperidine rings is 1. The van der Waals surface area contributed by atoms with E-state index in [0.717, 1.165) is 57.7 Å². The molecule has 1 atom stereocenters. The van der Waals surface area contributed by atoms with E-state index in [0.29, 0.717) is 36.7 Å². The molecule has 1 N–H and O–H groups in total. The quantitative estimate of drug-likeness (QED) is 0.605. The Kier molecular flexibility index (Phi) is 7.44. The molecule has 0 saturated carbocycles. The maximum absolute atomic E-state index is 13.5. The van der Waals surface area contributed by atoms with Gasteiger partial charge in [0.05, 0.1) is 25.9 Å². The van der Waals surface area contributed by atoms with Gasteiger partial charge in [0.15, 0.2) is 0 Å². The van der Waals surface area contributed by atoms with Crippen LogP contribution in [-0.4, -0.2) is 97.8 Å². The van der Waals surface area contributed by atoms with Crippen LogP contribution in [0.1, 0.15) is 24.8 Å². The van der Waals surface area contributed by atoms with Crippen molar-refractivity contribution in [1.82, 2.24) is 14.7 Å². The van der Waals surface area contributed by atoms with Crippen LogP contribution in [0, 0.1) is 5.92 Å². The molecule has 1 aromatic rings. The van der Waals surface area contributed by atoms with E-state index in [1.807, 2.05) is 29.2 Å². The number of ether oxygens (including phenoxy) is 2. The largest absolute Gasteiger partial charge is 0.497 e. The number of aliphatic hydroxyl groups is 1. The molecule has 3 aliphatic heterocycles. The molecule has 0 radical (unpaired) electrons. The van der Waals surface area contributed by atoms with Gasteiger partial charge in [0.25, 0.3) is 11.8 Å². The van der Waals surface area contributed by atoms with Crippen molar-refractivity contribution in [3.8, 4) is 5.75 Å². The highest BCUT2D eigenvalue weighted by Gasteiger charge is 2.42. The van der Waals surface area contributed by atoms with Crippen molar-refractivity contribution < 1.29 is 24.2 Å². The van der Waals surface area contributed by atoms with E-state index in [4.69, 9.17) is 9.47 Å². The zero-order chi connectivity index (χ0) is 22.5. The molecule has 8 nitrogen and oxygen atoms in total. The Morgan fingerprint density at radius 2 is 1.81 bits per heavy atom. The number of likely N-dealkylation sites (tertiary alicyclic amines) is 1. The van der Waals surface area contributed by atoms with Gasteiger partial charge >= 0.3 is 0 Å². The highest BCUT2D eigenvalue weighted by atomic mass is 16.5. The first-order valence-electron chi connectivity index (χ1n) is 11.5. The Morgan fingerprint density at radius 3 is 2.50 bits per heavy atom. The molecule has 2 saturated heterocycles. The van der Waals surface area contributed by atoms with Crippen molar-refractivity contribution in [2.45, 2.75) is 19.3 Å². The number of aliphatic hydroxyl groups excluding tert-OH is 1. The van der Waals surface area contributed by atoms with Crippen LogP contribution in [0.25, 0.3) is 5.57 Å². The van der Waals surface area contributed by atoms with Gasteiger partial charge in [-0.25, -0.2) is 0 Å². The molecule has 174 valence electrons. The van der Waals surface area contributed by atoms with Gasteiger partial charge in [-0.2, -0.15) is 0 Å². The number of nitrogens with zero attached hydrogens (tertiary/aromatic N) is 3. The van der Waals surface area contributed by atoms with Gasteiger partial charge in [-0.05, 0) is 42.9 Å². The van der Waals surface area contributed by atoms with E-state index in [9.17, 15) is 14.7 Å². The third-order valence-electron chi connectivity index (χ3n) is 6.58. The molecule has 4 rings (SSSR count). The van der Waals surface area contributed by atoms with Crippen LogP contribution in [0.3, 0.4) is 0 Å². The van der Waals surface area contributed by atoms with Crippen LogP contribution in [0.2, 0.25) is 0 Å². The van der Waals surface area contributed by atoms with E-state index in [1.165, 1.54) is 4.90 Å². The molecular weight excluding hydrogens is 410 g/mol. The number of carbonyl (C=O) groups excluding carboxylic acids is 2. The zero-order valence-corrected chi connectivity index (χ0v) is 18.8. The molecule has 3 heterocycles. The number of imide groups is 1. The molecule has 0 spiro atoms. The standard InChI is InChI=1S/C24H33N3O5/c1-31-20-7-5-19(6-8-20)21-22(26-10-2-4-18(16-26)17-28)24(30)27(23(21)29)11-3-9-25-12-14-32-15-13-25/h5-8,18,28H,2-4,9-17H2,1H3. The van der Waals surface area contributed by atoms with E-state index < -0.39 is 0 Å². The van der Waals surface area contributed by atoms with Gasteiger partial charge in [0.1, 0.15) is 11.4 Å². The fourth-order valence-corrected chi connectivity index (χ4v) is 4.77. The van der Waals surface area contributed by atoms with Gasteiger partial charge < -0.3 is 19.5 Å². The second-order valence-corrected chi connectivity index (χ2v) is 8.66. The third kappa shape index (κ3) is 4.82. The molecule has 3 aliphatic rings. The fraction of sp³-hybridized carbons (Fsp3) is 0.583. The number of hydrogen-bond acceptors (Lipinski definition) is 7. The predicted molar refractivity (Wildman–Crippen MR) is 120 cm³/mol. The van der Waals surface area contributed by atoms with Gasteiger partial charge in [-0.1, -0.05) is 12.1 Å². The maximum atomic E-state index is 13.5. The first-order valence-corrected chi connectivity index (χ1v) is 11.5. The number of morpholine rings is 1. The van der Waals surface area contributed by atoms with Crippen molar-refractivity contribution in [1.29, 1.82) is 0 Å². The Hall–Kier alpha value is -2.42. The second kappa shape index (κ2) is 10.5. The normalized spacial score (nSPS) is 22.8. The maximum Gasteiger partial charge on any atom is 0.277 e. The zero-order valence-electron chi connectivity index (χ0n) is 18.8. The Morgan fingerprint density at radius 1 is 1.06 bits per heavy atom. The lowest BCUT2D eigenvalue weighted by atomic mass is 9.97. The number of benzene rings is 1. The Labute approximate surface area is 189 Å². The van der Waals surface area contributed by atoms with E-state index in [1.54, 1.807) is 7.11 Å². The highest BCUT2D eigenvalue weighted by Crippen LogP contribution is 2.34. The molecule has 1 unspecified atom stereocenters. The monoisotopic (exact) mass is 443 g/mol. The summed E-state index contributed by atoms with van der Waals surface area (Å²) in [7, 11) is 1.60. The van der Waals surface area contributed by atoms with Crippen LogP contribution in [0.15, 0.2) is 30.0 Å². The van der Waals surface area contributed by atoms with Crippen molar-refractivity contribution in [2.75, 3.05) is 66.2 Å². The molecule has 2 amide bonds. The lowest BCUT2D eigenvalue weighted by Gasteiger charge is -2.34. The molecule has 0 bridgehead atoms. The van der Waals surface area contributed by atoms with Crippen LogP contribution in [-0.2, 0) is 14.3 Å². The highest BCUT2D eigenvalue weighted by molar-refractivity contribution is 6.35. The summed E-state index contributed by atoms with van der Waals surface area (Å²) in [5.41, 5.74) is 1.66. The molecule has 8 heteroatoms. The minimum absolute atomic E-state index is 0.0903. The first kappa shape index (κ1) is 22.8. The lowest BCUT2D eigenvalue weighted by molar-refractivity contribution is -0.137. The summed E-state index contributed by atoms with van der Waals surface area (Å²) < 4.78 is 10.6. The minimum Gasteiger partial charge on any atom is -0.497 e. The summed E-state index contributed by atoms with van der Waals surface area (Å²) in [6.45, 7) is 5.87. The topological polar surface area (TPSA) is 82.6 Å². The molecule has 1 aromatic carbocycles. The Bertz CT molecular complexity index is 848. The Balaban J connectivity index is 1.56. The molecule has 2 fully saturated rings. The summed E-state index contributed by atoms with van der Waals surface area (Å²) in [5, 5.41) is 9.67. The predicted octanol–water partition coefficient (Wildman–Crippen LogP) is 1.20. The van der Waals surface area contributed by atoms with E-state index in [2.05, 4.69) is 4.90 Å². The molecule has 0 aliphatic carbocycles. The van der Waals surface area contributed by atoms with Crippen LogP contribution in [0.5, 0.6) is 5.75 Å². The van der Waals surface area contributed by atoms with Gasteiger partial charge in [0, 0.05) is 45.9 Å². The molecule has 32 heavy (non-hydrogen) atoms. The van der Waals surface area contributed by atoms with Gasteiger partial charge in [-0.15, -0.1) is 0 Å². The SMILES string of the molecule is COc1ccc(C2=C(N3CCCC(CO)C3)C(=O)N(CCCN3CCOCC3)C2=O)cc1. The lowest BCUT2D eigenvalue weighted by Crippen LogP contribution is -2.42. The summed E-state index contributed by atoms with van der Waals surface area (Å²) in [4.78, 5) is 32.7. The van der Waals surface area contributed by atoms with Crippen LogP contribution >= 0.6 is 0 Å². The van der Waals surface area contributed by atoms with E-state index >= 15 is 0 Å². The van der Waals surface area contributed by atoms with Gasteiger partial charge in [-0.3, -0.25) is 19.4 Å². The number of methoxy groups -OCH3 is 1. The van der Waals surface area contributed by atoms with Crippen molar-refractivity contribution in [3.05, 3.63) is 35.5 Å². The average Bonchev–Trinajstić information content (AvgIpc) is 3.09. The molecular formula is C24H33N3O5. The first-order chi connectivity index (χ1) is 15.6. The molecule has 0 aromatic heterocycles. The summed E-state index contributed by atoms with van der Waals surface area (Å²) in [6.07, 6.45) is 2.56.